The van der Waals surface area contributed by atoms with Gasteiger partial charge in [-0.25, -0.2) is 0 Å². The summed E-state index contributed by atoms with van der Waals surface area (Å²) in [5.74, 6) is 0.191. The topological polar surface area (TPSA) is 61.4 Å². The molecule has 3 N–H and O–H groups in total. The standard InChI is InChI=1S/C11H15BrN2O2/c1-2-14-11(16)7-13-6-8-5-9(15)3-4-10(8)12/h3-5,13,15H,2,6-7H2,1H3,(H,14,16). The van der Waals surface area contributed by atoms with E-state index in [0.29, 0.717) is 13.1 Å². The van der Waals surface area contributed by atoms with Crippen LogP contribution in [0.4, 0.5) is 0 Å². The summed E-state index contributed by atoms with van der Waals surface area (Å²) in [7, 11) is 0. The van der Waals surface area contributed by atoms with Gasteiger partial charge < -0.3 is 15.7 Å². The lowest BCUT2D eigenvalue weighted by Gasteiger charge is -2.07. The second kappa shape index (κ2) is 6.50. The number of phenols is 1. The highest BCUT2D eigenvalue weighted by Gasteiger charge is 2.02. The van der Waals surface area contributed by atoms with Crippen LogP contribution in [0.3, 0.4) is 0 Å². The molecule has 0 saturated heterocycles. The highest BCUT2D eigenvalue weighted by atomic mass is 79.9. The zero-order valence-electron chi connectivity index (χ0n) is 9.09. The molecule has 0 bridgehead atoms. The summed E-state index contributed by atoms with van der Waals surface area (Å²) >= 11 is 3.38. The van der Waals surface area contributed by atoms with Crippen LogP contribution in [0.15, 0.2) is 22.7 Å². The van der Waals surface area contributed by atoms with Crippen LogP contribution in [0.1, 0.15) is 12.5 Å². The number of carbonyl (C=O) groups excluding carboxylic acids is 1. The molecule has 1 amide bonds. The molecule has 0 aliphatic carbocycles. The van der Waals surface area contributed by atoms with Crippen LogP contribution >= 0.6 is 15.9 Å². The molecule has 0 unspecified atom stereocenters. The summed E-state index contributed by atoms with van der Waals surface area (Å²) in [6.07, 6.45) is 0. The van der Waals surface area contributed by atoms with Crippen LogP contribution in [0, 0.1) is 0 Å². The van der Waals surface area contributed by atoms with E-state index in [9.17, 15) is 9.90 Å². The molecule has 1 rings (SSSR count). The van der Waals surface area contributed by atoms with Crippen molar-refractivity contribution in [2.45, 2.75) is 13.5 Å². The van der Waals surface area contributed by atoms with Crippen molar-refractivity contribution in [3.8, 4) is 5.75 Å². The fraction of sp³-hybridized carbons (Fsp3) is 0.364. The smallest absolute Gasteiger partial charge is 0.233 e. The zero-order valence-corrected chi connectivity index (χ0v) is 10.7. The van der Waals surface area contributed by atoms with Crippen molar-refractivity contribution in [3.63, 3.8) is 0 Å². The second-order valence-electron chi connectivity index (χ2n) is 3.33. The number of benzene rings is 1. The lowest BCUT2D eigenvalue weighted by Crippen LogP contribution is -2.33. The maximum absolute atomic E-state index is 11.2. The molecule has 0 atom stereocenters. The molecule has 5 heteroatoms. The van der Waals surface area contributed by atoms with E-state index in [0.717, 1.165) is 10.0 Å². The normalized spacial score (nSPS) is 10.1. The van der Waals surface area contributed by atoms with Gasteiger partial charge in [0.25, 0.3) is 0 Å². The molecule has 0 aliphatic heterocycles. The van der Waals surface area contributed by atoms with Crippen LogP contribution in [-0.2, 0) is 11.3 Å². The Morgan fingerprint density at radius 2 is 2.25 bits per heavy atom. The maximum atomic E-state index is 11.2. The van der Waals surface area contributed by atoms with Gasteiger partial charge in [-0.1, -0.05) is 15.9 Å². The van der Waals surface area contributed by atoms with Crippen LogP contribution in [-0.4, -0.2) is 24.1 Å². The molecular formula is C11H15BrN2O2. The fourth-order valence-corrected chi connectivity index (χ4v) is 1.65. The summed E-state index contributed by atoms with van der Waals surface area (Å²) in [6, 6.07) is 5.05. The minimum Gasteiger partial charge on any atom is -0.508 e. The monoisotopic (exact) mass is 286 g/mol. The molecule has 0 aliphatic rings. The Labute approximate surface area is 103 Å². The Hall–Kier alpha value is -1.07. The summed E-state index contributed by atoms with van der Waals surface area (Å²) in [6.45, 7) is 3.32. The largest absolute Gasteiger partial charge is 0.508 e. The average Bonchev–Trinajstić information content (AvgIpc) is 2.23. The van der Waals surface area contributed by atoms with E-state index in [4.69, 9.17) is 0 Å². The van der Waals surface area contributed by atoms with Crippen LogP contribution < -0.4 is 10.6 Å². The van der Waals surface area contributed by atoms with E-state index in [2.05, 4.69) is 26.6 Å². The highest BCUT2D eigenvalue weighted by molar-refractivity contribution is 9.10. The Bertz CT molecular complexity index is 369. The Morgan fingerprint density at radius 1 is 1.50 bits per heavy atom. The number of hydrogen-bond acceptors (Lipinski definition) is 3. The van der Waals surface area contributed by atoms with E-state index in [-0.39, 0.29) is 18.2 Å². The van der Waals surface area contributed by atoms with Gasteiger partial charge in [-0.05, 0) is 30.7 Å². The third kappa shape index (κ3) is 4.20. The minimum absolute atomic E-state index is 0.0289. The Kier molecular flexibility index (Phi) is 5.28. The third-order valence-corrected chi connectivity index (χ3v) is 2.78. The van der Waals surface area contributed by atoms with Crippen molar-refractivity contribution >= 4 is 21.8 Å². The van der Waals surface area contributed by atoms with Crippen molar-refractivity contribution in [1.82, 2.24) is 10.6 Å². The molecule has 0 aromatic heterocycles. The van der Waals surface area contributed by atoms with Gasteiger partial charge in [0, 0.05) is 17.6 Å². The first kappa shape index (κ1) is 13.0. The first-order valence-electron chi connectivity index (χ1n) is 5.08. The molecule has 1 aromatic carbocycles. The predicted octanol–water partition coefficient (Wildman–Crippen LogP) is 1.38. The molecule has 1 aromatic rings. The molecule has 0 saturated carbocycles. The van der Waals surface area contributed by atoms with E-state index in [1.165, 1.54) is 0 Å². The van der Waals surface area contributed by atoms with Crippen molar-refractivity contribution in [2.24, 2.45) is 0 Å². The SMILES string of the molecule is CCNC(=O)CNCc1cc(O)ccc1Br. The van der Waals surface area contributed by atoms with Gasteiger partial charge in [0.2, 0.25) is 5.91 Å². The molecule has 16 heavy (non-hydrogen) atoms. The molecule has 4 nitrogen and oxygen atoms in total. The molecule has 0 fully saturated rings. The lowest BCUT2D eigenvalue weighted by atomic mass is 10.2. The molecular weight excluding hydrogens is 272 g/mol. The fourth-order valence-electron chi connectivity index (χ4n) is 1.27. The van der Waals surface area contributed by atoms with Crippen LogP contribution in [0.2, 0.25) is 0 Å². The Balaban J connectivity index is 2.42. The number of nitrogens with one attached hydrogen (secondary N) is 2. The number of rotatable bonds is 5. The highest BCUT2D eigenvalue weighted by Crippen LogP contribution is 2.21. The maximum Gasteiger partial charge on any atom is 0.233 e. The summed E-state index contributed by atoms with van der Waals surface area (Å²) in [4.78, 5) is 11.2. The number of aromatic hydroxyl groups is 1. The van der Waals surface area contributed by atoms with Crippen LogP contribution in [0.5, 0.6) is 5.75 Å². The molecule has 0 heterocycles. The predicted molar refractivity (Wildman–Crippen MR) is 66.2 cm³/mol. The van der Waals surface area contributed by atoms with Crippen molar-refractivity contribution in [3.05, 3.63) is 28.2 Å². The number of likely N-dealkylation sites (N-methyl/N-ethyl adjacent to an activating group) is 1. The lowest BCUT2D eigenvalue weighted by molar-refractivity contribution is -0.120. The number of halogens is 1. The van der Waals surface area contributed by atoms with E-state index in [1.807, 2.05) is 6.92 Å². The molecule has 0 radical (unpaired) electrons. The second-order valence-corrected chi connectivity index (χ2v) is 4.19. The van der Waals surface area contributed by atoms with Gasteiger partial charge in [0.05, 0.1) is 6.54 Å². The third-order valence-electron chi connectivity index (χ3n) is 2.00. The van der Waals surface area contributed by atoms with Crippen molar-refractivity contribution in [2.75, 3.05) is 13.1 Å². The van der Waals surface area contributed by atoms with Gasteiger partial charge in [-0.15, -0.1) is 0 Å². The number of hydrogen-bond donors (Lipinski definition) is 3. The van der Waals surface area contributed by atoms with Crippen molar-refractivity contribution < 1.29 is 9.90 Å². The van der Waals surface area contributed by atoms with Gasteiger partial charge in [-0.2, -0.15) is 0 Å². The first-order chi connectivity index (χ1) is 7.63. The number of amides is 1. The van der Waals surface area contributed by atoms with Gasteiger partial charge in [0.15, 0.2) is 0 Å². The van der Waals surface area contributed by atoms with Gasteiger partial charge >= 0.3 is 0 Å². The first-order valence-corrected chi connectivity index (χ1v) is 5.87. The number of phenolic OH excluding ortho intramolecular Hbond substituents is 1. The number of carbonyl (C=O) groups is 1. The van der Waals surface area contributed by atoms with Crippen LogP contribution in [0.25, 0.3) is 0 Å². The van der Waals surface area contributed by atoms with E-state index >= 15 is 0 Å². The quantitative estimate of drug-likeness (QED) is 0.766. The van der Waals surface area contributed by atoms with Gasteiger partial charge in [-0.3, -0.25) is 4.79 Å². The van der Waals surface area contributed by atoms with Crippen molar-refractivity contribution in [1.29, 1.82) is 0 Å². The molecule has 0 spiro atoms. The minimum atomic E-state index is -0.0289. The zero-order chi connectivity index (χ0) is 12.0. The summed E-state index contributed by atoms with van der Waals surface area (Å²) in [5, 5.41) is 15.0. The van der Waals surface area contributed by atoms with E-state index in [1.54, 1.807) is 18.2 Å². The summed E-state index contributed by atoms with van der Waals surface area (Å²) < 4.78 is 0.911. The molecule has 88 valence electrons. The Morgan fingerprint density at radius 3 is 2.94 bits per heavy atom. The summed E-state index contributed by atoms with van der Waals surface area (Å²) in [5.41, 5.74) is 0.921. The van der Waals surface area contributed by atoms with Gasteiger partial charge in [0.1, 0.15) is 5.75 Å². The average molecular weight is 287 g/mol. The van der Waals surface area contributed by atoms with E-state index < -0.39 is 0 Å².